The molecule has 0 bridgehead atoms. The molecule has 1 fully saturated rings. The van der Waals surface area contributed by atoms with E-state index in [1.807, 2.05) is 0 Å². The lowest BCUT2D eigenvalue weighted by molar-refractivity contribution is -0.137. The second-order valence-electron chi connectivity index (χ2n) is 7.56. The molecule has 0 N–H and O–H groups in total. The fraction of sp³-hybridized carbons (Fsp3) is 0.304. The van der Waals surface area contributed by atoms with Crippen molar-refractivity contribution >= 4 is 29.5 Å². The van der Waals surface area contributed by atoms with Crippen molar-refractivity contribution in [3.8, 4) is 11.5 Å². The highest BCUT2D eigenvalue weighted by Gasteiger charge is 2.32. The summed E-state index contributed by atoms with van der Waals surface area (Å²) in [6, 6.07) is 7.75. The summed E-state index contributed by atoms with van der Waals surface area (Å²) in [5.74, 6) is 0.261. The largest absolute Gasteiger partial charge is 0.486 e. The maximum absolute atomic E-state index is 12.9. The van der Waals surface area contributed by atoms with E-state index in [1.165, 1.54) is 23.1 Å². The van der Waals surface area contributed by atoms with Crippen LogP contribution in [-0.4, -0.2) is 61.0 Å². The Morgan fingerprint density at radius 1 is 0.970 bits per heavy atom. The fourth-order valence-corrected chi connectivity index (χ4v) is 3.91. The summed E-state index contributed by atoms with van der Waals surface area (Å²) in [5, 5.41) is 0.390. The Balaban J connectivity index is 1.36. The van der Waals surface area contributed by atoms with Crippen LogP contribution in [0, 0.1) is 0 Å². The average Bonchev–Trinajstić information content (AvgIpc) is 2.82. The molecule has 0 aliphatic carbocycles. The number of ether oxygens (including phenoxy) is 2. The van der Waals surface area contributed by atoms with Crippen molar-refractivity contribution in [3.63, 3.8) is 0 Å². The van der Waals surface area contributed by atoms with Crippen molar-refractivity contribution in [1.82, 2.24) is 9.80 Å². The van der Waals surface area contributed by atoms with Gasteiger partial charge in [0.1, 0.15) is 13.2 Å². The van der Waals surface area contributed by atoms with Crippen molar-refractivity contribution in [2.75, 3.05) is 39.4 Å². The standard InChI is InChI=1S/C23H20ClF3N2O4/c24-18-12-15(13-19-21(18)33-11-10-32-19)4-5-20(30)28-6-8-29(9-7-28)22(31)16-2-1-3-17(14-16)23(25,26)27/h1-5,12-14H,6-11H2/b5-4+. The number of fused-ring (bicyclic) bond motifs is 1. The van der Waals surface area contributed by atoms with Crippen molar-refractivity contribution in [3.05, 3.63) is 64.2 Å². The first-order chi connectivity index (χ1) is 15.7. The number of carbonyl (C=O) groups excluding carboxylic acids is 2. The van der Waals surface area contributed by atoms with Gasteiger partial charge in [0.2, 0.25) is 5.91 Å². The van der Waals surface area contributed by atoms with E-state index < -0.39 is 17.6 Å². The molecule has 10 heteroatoms. The van der Waals surface area contributed by atoms with E-state index in [4.69, 9.17) is 21.1 Å². The van der Waals surface area contributed by atoms with Gasteiger partial charge in [-0.05, 0) is 42.0 Å². The van der Waals surface area contributed by atoms with Crippen LogP contribution in [0.3, 0.4) is 0 Å². The van der Waals surface area contributed by atoms with Crippen molar-refractivity contribution in [2.24, 2.45) is 0 Å². The zero-order valence-electron chi connectivity index (χ0n) is 17.4. The molecule has 0 saturated carbocycles. The van der Waals surface area contributed by atoms with Gasteiger partial charge in [0.15, 0.2) is 11.5 Å². The van der Waals surface area contributed by atoms with Gasteiger partial charge in [-0.25, -0.2) is 0 Å². The first kappa shape index (κ1) is 23.0. The number of hydrogen-bond acceptors (Lipinski definition) is 4. The molecule has 0 spiro atoms. The van der Waals surface area contributed by atoms with Gasteiger partial charge in [-0.1, -0.05) is 17.7 Å². The predicted octanol–water partition coefficient (Wildman–Crippen LogP) is 4.13. The molecule has 2 aromatic rings. The molecule has 1 saturated heterocycles. The number of hydrogen-bond donors (Lipinski definition) is 0. The fourth-order valence-electron chi connectivity index (χ4n) is 3.64. The molecule has 0 radical (unpaired) electrons. The molecule has 2 aliphatic rings. The van der Waals surface area contributed by atoms with Crippen LogP contribution in [0.25, 0.3) is 6.08 Å². The van der Waals surface area contributed by atoms with Crippen molar-refractivity contribution < 1.29 is 32.2 Å². The Morgan fingerprint density at radius 3 is 2.39 bits per heavy atom. The minimum absolute atomic E-state index is 0.0278. The normalized spacial score (nSPS) is 16.2. The first-order valence-corrected chi connectivity index (χ1v) is 10.6. The van der Waals surface area contributed by atoms with Crippen molar-refractivity contribution in [2.45, 2.75) is 6.18 Å². The third-order valence-corrected chi connectivity index (χ3v) is 5.63. The van der Waals surface area contributed by atoms with Crippen LogP contribution in [0.1, 0.15) is 21.5 Å². The number of rotatable bonds is 3. The second-order valence-corrected chi connectivity index (χ2v) is 7.96. The van der Waals surface area contributed by atoms with Gasteiger partial charge in [-0.2, -0.15) is 13.2 Å². The molecule has 174 valence electrons. The monoisotopic (exact) mass is 480 g/mol. The number of alkyl halides is 3. The maximum Gasteiger partial charge on any atom is 0.416 e. The van der Waals surface area contributed by atoms with E-state index in [0.29, 0.717) is 35.3 Å². The summed E-state index contributed by atoms with van der Waals surface area (Å²) >= 11 is 6.21. The van der Waals surface area contributed by atoms with Gasteiger partial charge < -0.3 is 19.3 Å². The van der Waals surface area contributed by atoms with Gasteiger partial charge in [-0.3, -0.25) is 9.59 Å². The lowest BCUT2D eigenvalue weighted by Gasteiger charge is -2.34. The molecule has 4 rings (SSSR count). The molecule has 2 aromatic carbocycles. The molecule has 2 heterocycles. The first-order valence-electron chi connectivity index (χ1n) is 10.2. The lowest BCUT2D eigenvalue weighted by Crippen LogP contribution is -2.50. The minimum atomic E-state index is -4.52. The molecule has 2 aliphatic heterocycles. The van der Waals surface area contributed by atoms with Gasteiger partial charge >= 0.3 is 6.18 Å². The molecule has 2 amide bonds. The smallest absolute Gasteiger partial charge is 0.416 e. The van der Waals surface area contributed by atoms with Gasteiger partial charge in [0, 0.05) is 37.8 Å². The topological polar surface area (TPSA) is 59.1 Å². The molecular formula is C23H20ClF3N2O4. The van der Waals surface area contributed by atoms with Crippen LogP contribution in [0.4, 0.5) is 13.2 Å². The third-order valence-electron chi connectivity index (χ3n) is 5.35. The minimum Gasteiger partial charge on any atom is -0.486 e. The predicted molar refractivity (Wildman–Crippen MR) is 115 cm³/mol. The summed E-state index contributed by atoms with van der Waals surface area (Å²) in [6.07, 6.45) is -1.49. The van der Waals surface area contributed by atoms with E-state index in [0.717, 1.165) is 12.1 Å². The zero-order valence-corrected chi connectivity index (χ0v) is 18.2. The summed E-state index contributed by atoms with van der Waals surface area (Å²) < 4.78 is 49.8. The molecule has 33 heavy (non-hydrogen) atoms. The van der Waals surface area contributed by atoms with Crippen LogP contribution in [0.5, 0.6) is 11.5 Å². The van der Waals surface area contributed by atoms with Crippen LogP contribution < -0.4 is 9.47 Å². The van der Waals surface area contributed by atoms with Crippen molar-refractivity contribution in [1.29, 1.82) is 0 Å². The number of benzene rings is 2. The van der Waals surface area contributed by atoms with Crippen LogP contribution >= 0.6 is 11.6 Å². The Hall–Kier alpha value is -3.20. The van der Waals surface area contributed by atoms with Gasteiger partial charge in [0.25, 0.3) is 5.91 Å². The van der Waals surface area contributed by atoms with Gasteiger partial charge in [-0.15, -0.1) is 0 Å². The second kappa shape index (κ2) is 9.35. The van der Waals surface area contributed by atoms with E-state index in [9.17, 15) is 22.8 Å². The van der Waals surface area contributed by atoms with E-state index >= 15 is 0 Å². The molecule has 0 unspecified atom stereocenters. The number of halogens is 4. The van der Waals surface area contributed by atoms with E-state index in [2.05, 4.69) is 0 Å². The molecule has 0 aromatic heterocycles. The third kappa shape index (κ3) is 5.24. The van der Waals surface area contributed by atoms with Gasteiger partial charge in [0.05, 0.1) is 10.6 Å². The quantitative estimate of drug-likeness (QED) is 0.620. The van der Waals surface area contributed by atoms with Crippen LogP contribution in [-0.2, 0) is 11.0 Å². The summed E-state index contributed by atoms with van der Waals surface area (Å²) in [6.45, 7) is 1.84. The maximum atomic E-state index is 12.9. The average molecular weight is 481 g/mol. The molecule has 0 atom stereocenters. The van der Waals surface area contributed by atoms with Crippen LogP contribution in [0.2, 0.25) is 5.02 Å². The lowest BCUT2D eigenvalue weighted by atomic mass is 10.1. The Bertz CT molecular complexity index is 1100. The highest BCUT2D eigenvalue weighted by molar-refractivity contribution is 6.32. The number of amides is 2. The Labute approximate surface area is 193 Å². The number of piperazine rings is 1. The zero-order chi connectivity index (χ0) is 23.6. The Kier molecular flexibility index (Phi) is 6.51. The molecular weight excluding hydrogens is 461 g/mol. The highest BCUT2D eigenvalue weighted by atomic mass is 35.5. The van der Waals surface area contributed by atoms with Crippen LogP contribution in [0.15, 0.2) is 42.5 Å². The summed E-state index contributed by atoms with van der Waals surface area (Å²) in [4.78, 5) is 28.2. The molecule has 6 nitrogen and oxygen atoms in total. The summed E-state index contributed by atoms with van der Waals surface area (Å²) in [7, 11) is 0. The SMILES string of the molecule is O=C(/C=C/c1cc(Cl)c2c(c1)OCCO2)N1CCN(C(=O)c2cccc(C(F)(F)F)c2)CC1. The van der Waals surface area contributed by atoms with E-state index in [-0.39, 0.29) is 37.6 Å². The number of carbonyl (C=O) groups is 2. The van der Waals surface area contributed by atoms with E-state index in [1.54, 1.807) is 23.1 Å². The number of nitrogens with zero attached hydrogens (tertiary/aromatic N) is 2. The Morgan fingerprint density at radius 2 is 1.67 bits per heavy atom. The summed E-state index contributed by atoms with van der Waals surface area (Å²) in [5.41, 5.74) is -0.220. The highest BCUT2D eigenvalue weighted by Crippen LogP contribution is 2.38.